The zero-order valence-corrected chi connectivity index (χ0v) is 10.4. The fourth-order valence-corrected chi connectivity index (χ4v) is 2.87. The molecule has 0 atom stereocenters. The first kappa shape index (κ1) is 11.6. The molecule has 1 fully saturated rings. The number of carbonyl (C=O) groups is 1. The van der Waals surface area contributed by atoms with Crippen molar-refractivity contribution in [2.75, 3.05) is 0 Å². The molecule has 1 saturated carbocycles. The Morgan fingerprint density at radius 2 is 1.94 bits per heavy atom. The third kappa shape index (κ3) is 2.13. The quantitative estimate of drug-likeness (QED) is 0.719. The molecule has 0 spiro atoms. The van der Waals surface area contributed by atoms with Gasteiger partial charge in [0, 0.05) is 0 Å². The van der Waals surface area contributed by atoms with Gasteiger partial charge in [0.1, 0.15) is 0 Å². The number of carbonyl (C=O) groups excluding carboxylic acids is 1. The zero-order chi connectivity index (χ0) is 11.5. The Labute approximate surface area is 97.9 Å². The van der Waals surface area contributed by atoms with E-state index >= 15 is 0 Å². The van der Waals surface area contributed by atoms with Crippen LogP contribution in [0.25, 0.3) is 0 Å². The van der Waals surface area contributed by atoms with Crippen molar-refractivity contribution in [3.63, 3.8) is 0 Å². The number of hydrogen-bond acceptors (Lipinski definition) is 2. The van der Waals surface area contributed by atoms with Gasteiger partial charge in [-0.2, -0.15) is 5.10 Å². The number of nitrogens with zero attached hydrogens (tertiary/aromatic N) is 2. The van der Waals surface area contributed by atoms with Crippen LogP contribution in [-0.2, 0) is 4.79 Å². The van der Waals surface area contributed by atoms with E-state index in [2.05, 4.69) is 18.9 Å². The van der Waals surface area contributed by atoms with E-state index in [0.29, 0.717) is 18.4 Å². The average Bonchev–Trinajstić information content (AvgIpc) is 2.90. The number of rotatable bonds is 4. The van der Waals surface area contributed by atoms with Gasteiger partial charge >= 0.3 is 0 Å². The van der Waals surface area contributed by atoms with Crippen LogP contribution in [0.2, 0.25) is 0 Å². The molecule has 0 saturated heterocycles. The second kappa shape index (κ2) is 4.98. The highest BCUT2D eigenvalue weighted by molar-refractivity contribution is 6.06. The van der Waals surface area contributed by atoms with Crippen LogP contribution in [0.5, 0.6) is 0 Å². The monoisotopic (exact) mass is 222 g/mol. The van der Waals surface area contributed by atoms with E-state index in [0.717, 1.165) is 18.6 Å². The van der Waals surface area contributed by atoms with Gasteiger partial charge in [-0.3, -0.25) is 4.79 Å². The maximum atomic E-state index is 11.9. The summed E-state index contributed by atoms with van der Waals surface area (Å²) < 4.78 is 0. The highest BCUT2D eigenvalue weighted by Crippen LogP contribution is 2.30. The molecular formula is C13H22N2O. The summed E-state index contributed by atoms with van der Waals surface area (Å²) in [5.41, 5.74) is 1.16. The molecule has 2 rings (SSSR count). The maximum Gasteiger partial charge on any atom is 0.248 e. The van der Waals surface area contributed by atoms with Crippen LogP contribution in [-0.4, -0.2) is 22.7 Å². The average molecular weight is 222 g/mol. The smallest absolute Gasteiger partial charge is 0.248 e. The van der Waals surface area contributed by atoms with Crippen molar-refractivity contribution in [1.29, 1.82) is 0 Å². The highest BCUT2D eigenvalue weighted by atomic mass is 16.2. The lowest BCUT2D eigenvalue weighted by Gasteiger charge is -2.21. The Hall–Kier alpha value is -0.860. The third-order valence-electron chi connectivity index (χ3n) is 3.94. The SMILES string of the molecule is CCC(CC)N1N=C(C2CCCC2)CC1=O. The van der Waals surface area contributed by atoms with Gasteiger partial charge in [-0.25, -0.2) is 5.01 Å². The number of hydrazone groups is 1. The Morgan fingerprint density at radius 3 is 2.50 bits per heavy atom. The summed E-state index contributed by atoms with van der Waals surface area (Å²) in [4.78, 5) is 11.9. The minimum absolute atomic E-state index is 0.218. The summed E-state index contributed by atoms with van der Waals surface area (Å²) in [5.74, 6) is 0.818. The molecule has 0 unspecified atom stereocenters. The summed E-state index contributed by atoms with van der Waals surface area (Å²) >= 11 is 0. The van der Waals surface area contributed by atoms with Gasteiger partial charge in [0.25, 0.3) is 0 Å². The predicted octanol–water partition coefficient (Wildman–Crippen LogP) is 2.95. The molecule has 3 nitrogen and oxygen atoms in total. The fourth-order valence-electron chi connectivity index (χ4n) is 2.87. The summed E-state index contributed by atoms with van der Waals surface area (Å²) in [6.07, 6.45) is 7.69. The van der Waals surface area contributed by atoms with Crippen molar-refractivity contribution in [2.45, 2.75) is 64.8 Å². The van der Waals surface area contributed by atoms with Crippen LogP contribution in [0.3, 0.4) is 0 Å². The van der Waals surface area contributed by atoms with Gasteiger partial charge in [0.15, 0.2) is 0 Å². The Morgan fingerprint density at radius 1 is 1.31 bits per heavy atom. The van der Waals surface area contributed by atoms with Crippen LogP contribution >= 0.6 is 0 Å². The van der Waals surface area contributed by atoms with E-state index in [-0.39, 0.29) is 5.91 Å². The van der Waals surface area contributed by atoms with E-state index in [4.69, 9.17) is 0 Å². The summed E-state index contributed by atoms with van der Waals surface area (Å²) in [6, 6.07) is 0.311. The molecule has 90 valence electrons. The topological polar surface area (TPSA) is 32.7 Å². The molecule has 1 aliphatic carbocycles. The molecule has 1 aliphatic heterocycles. The highest BCUT2D eigenvalue weighted by Gasteiger charge is 2.33. The van der Waals surface area contributed by atoms with E-state index in [1.54, 1.807) is 5.01 Å². The van der Waals surface area contributed by atoms with Crippen LogP contribution in [0.15, 0.2) is 5.10 Å². The van der Waals surface area contributed by atoms with E-state index in [1.807, 2.05) is 0 Å². The molecule has 16 heavy (non-hydrogen) atoms. The van der Waals surface area contributed by atoms with Crippen molar-refractivity contribution in [1.82, 2.24) is 5.01 Å². The van der Waals surface area contributed by atoms with Crippen molar-refractivity contribution in [3.05, 3.63) is 0 Å². The number of hydrogen-bond donors (Lipinski definition) is 0. The summed E-state index contributed by atoms with van der Waals surface area (Å²) in [7, 11) is 0. The minimum atomic E-state index is 0.218. The van der Waals surface area contributed by atoms with Crippen molar-refractivity contribution in [2.24, 2.45) is 11.0 Å². The van der Waals surface area contributed by atoms with E-state index < -0.39 is 0 Å². The lowest BCUT2D eigenvalue weighted by atomic mass is 10.00. The molecular weight excluding hydrogens is 200 g/mol. The molecule has 0 bridgehead atoms. The predicted molar refractivity (Wildman–Crippen MR) is 65.2 cm³/mol. The minimum Gasteiger partial charge on any atom is -0.273 e. The molecule has 0 N–H and O–H groups in total. The molecule has 2 aliphatic rings. The van der Waals surface area contributed by atoms with Gasteiger partial charge in [-0.1, -0.05) is 26.7 Å². The van der Waals surface area contributed by atoms with Gasteiger partial charge in [-0.15, -0.1) is 0 Å². The normalized spacial score (nSPS) is 22.3. The van der Waals surface area contributed by atoms with Crippen LogP contribution in [0.1, 0.15) is 58.8 Å². The second-order valence-electron chi connectivity index (χ2n) is 4.96. The maximum absolute atomic E-state index is 11.9. The van der Waals surface area contributed by atoms with Crippen LogP contribution in [0.4, 0.5) is 0 Å². The standard InChI is InChI=1S/C13H22N2O/c1-3-11(4-2)15-13(16)9-12(14-15)10-7-5-6-8-10/h10-11H,3-9H2,1-2H3. The van der Waals surface area contributed by atoms with Gasteiger partial charge < -0.3 is 0 Å². The van der Waals surface area contributed by atoms with Gasteiger partial charge in [-0.05, 0) is 31.6 Å². The van der Waals surface area contributed by atoms with E-state index in [9.17, 15) is 4.79 Å². The van der Waals surface area contributed by atoms with Crippen LogP contribution < -0.4 is 0 Å². The fraction of sp³-hybridized carbons (Fsp3) is 0.846. The molecule has 1 heterocycles. The molecule has 0 aromatic rings. The van der Waals surface area contributed by atoms with Gasteiger partial charge in [0.2, 0.25) is 5.91 Å². The second-order valence-corrected chi connectivity index (χ2v) is 4.96. The molecule has 1 amide bonds. The van der Waals surface area contributed by atoms with Crippen LogP contribution in [0, 0.1) is 5.92 Å². The lowest BCUT2D eigenvalue weighted by Crippen LogP contribution is -2.31. The molecule has 0 aromatic carbocycles. The summed E-state index contributed by atoms with van der Waals surface area (Å²) in [5, 5.41) is 6.35. The molecule has 0 aromatic heterocycles. The van der Waals surface area contributed by atoms with E-state index in [1.165, 1.54) is 25.7 Å². The lowest BCUT2D eigenvalue weighted by molar-refractivity contribution is -0.131. The first-order valence-electron chi connectivity index (χ1n) is 6.65. The van der Waals surface area contributed by atoms with Crippen molar-refractivity contribution < 1.29 is 4.79 Å². The molecule has 3 heteroatoms. The first-order valence-corrected chi connectivity index (χ1v) is 6.65. The first-order chi connectivity index (χ1) is 7.76. The Bertz CT molecular complexity index is 288. The Balaban J connectivity index is 2.06. The van der Waals surface area contributed by atoms with Crippen molar-refractivity contribution in [3.8, 4) is 0 Å². The third-order valence-corrected chi connectivity index (χ3v) is 3.94. The number of amides is 1. The Kier molecular flexibility index (Phi) is 3.62. The zero-order valence-electron chi connectivity index (χ0n) is 10.4. The van der Waals surface area contributed by atoms with Gasteiger partial charge in [0.05, 0.1) is 18.2 Å². The summed E-state index contributed by atoms with van der Waals surface area (Å²) in [6.45, 7) is 4.26. The van der Waals surface area contributed by atoms with Crippen molar-refractivity contribution >= 4 is 11.6 Å². The largest absolute Gasteiger partial charge is 0.273 e. The molecule has 0 radical (unpaired) electrons.